The number of hydrogen-bond donors (Lipinski definition) is 0. The molecule has 1 fully saturated rings. The Balaban J connectivity index is 1.56. The molecule has 1 aliphatic rings. The molecule has 2 aromatic rings. The second-order valence-electron chi connectivity index (χ2n) is 5.81. The molecular weight excluding hydrogens is 278 g/mol. The molecule has 5 nitrogen and oxygen atoms in total. The summed E-state index contributed by atoms with van der Waals surface area (Å²) in [6.07, 6.45) is 4.11. The van der Waals surface area contributed by atoms with E-state index in [-0.39, 0.29) is 12.5 Å². The van der Waals surface area contributed by atoms with Crippen LogP contribution in [0.4, 0.5) is 0 Å². The van der Waals surface area contributed by atoms with Crippen molar-refractivity contribution in [3.63, 3.8) is 0 Å². The Morgan fingerprint density at radius 2 is 2.14 bits per heavy atom. The van der Waals surface area contributed by atoms with E-state index in [0.717, 1.165) is 25.2 Å². The fraction of sp³-hybridized carbons (Fsp3) is 0.412. The van der Waals surface area contributed by atoms with Crippen molar-refractivity contribution in [3.05, 3.63) is 42.6 Å². The molecular formula is C17H21N3O2. The van der Waals surface area contributed by atoms with Crippen LogP contribution in [0.5, 0.6) is 5.88 Å². The quantitative estimate of drug-likeness (QED) is 0.871. The van der Waals surface area contributed by atoms with Gasteiger partial charge in [0.05, 0.1) is 5.69 Å². The minimum Gasteiger partial charge on any atom is -0.466 e. The average molecular weight is 299 g/mol. The fourth-order valence-corrected chi connectivity index (χ4v) is 2.75. The predicted octanol–water partition coefficient (Wildman–Crippen LogP) is 2.51. The van der Waals surface area contributed by atoms with Crippen molar-refractivity contribution in [1.29, 1.82) is 0 Å². The van der Waals surface area contributed by atoms with Crippen molar-refractivity contribution in [1.82, 2.24) is 14.7 Å². The molecule has 0 radical (unpaired) electrons. The standard InChI is InChI=1S/C17H21N3O2/c1-14-6-5-10-19(12-14)17(21)13-22-16-9-11-20(18-16)15-7-3-2-4-8-15/h2-4,7-9,11,14H,5-6,10,12-13H2,1H3/t14-/m0/s1. The van der Waals surface area contributed by atoms with Crippen LogP contribution in [0.15, 0.2) is 42.6 Å². The number of piperidine rings is 1. The minimum atomic E-state index is 0.0424. The van der Waals surface area contributed by atoms with Gasteiger partial charge in [-0.15, -0.1) is 5.10 Å². The van der Waals surface area contributed by atoms with Gasteiger partial charge in [-0.1, -0.05) is 25.1 Å². The molecule has 1 atom stereocenters. The second kappa shape index (κ2) is 6.64. The van der Waals surface area contributed by atoms with Crippen LogP contribution >= 0.6 is 0 Å². The largest absolute Gasteiger partial charge is 0.466 e. The van der Waals surface area contributed by atoms with Gasteiger partial charge in [0.25, 0.3) is 5.91 Å². The summed E-state index contributed by atoms with van der Waals surface area (Å²) in [6, 6.07) is 11.6. The molecule has 1 aromatic carbocycles. The third-order valence-corrected chi connectivity index (χ3v) is 3.94. The number of ether oxygens (including phenoxy) is 1. The summed E-state index contributed by atoms with van der Waals surface area (Å²) in [5.41, 5.74) is 0.966. The number of likely N-dealkylation sites (tertiary alicyclic amines) is 1. The lowest BCUT2D eigenvalue weighted by atomic mass is 10.0. The van der Waals surface area contributed by atoms with Gasteiger partial charge in [-0.25, -0.2) is 4.68 Å². The smallest absolute Gasteiger partial charge is 0.260 e. The number of amides is 1. The van der Waals surface area contributed by atoms with Gasteiger partial charge in [-0.2, -0.15) is 0 Å². The van der Waals surface area contributed by atoms with Crippen molar-refractivity contribution >= 4 is 5.91 Å². The zero-order valence-corrected chi connectivity index (χ0v) is 12.8. The van der Waals surface area contributed by atoms with E-state index in [1.165, 1.54) is 6.42 Å². The van der Waals surface area contributed by atoms with Gasteiger partial charge in [0, 0.05) is 25.4 Å². The van der Waals surface area contributed by atoms with Crippen LogP contribution in [0.3, 0.4) is 0 Å². The normalized spacial score (nSPS) is 18.2. The number of rotatable bonds is 4. The van der Waals surface area contributed by atoms with E-state index in [4.69, 9.17) is 4.74 Å². The number of nitrogens with zero attached hydrogens (tertiary/aromatic N) is 3. The molecule has 0 unspecified atom stereocenters. The number of aromatic nitrogens is 2. The highest BCUT2D eigenvalue weighted by atomic mass is 16.5. The molecule has 1 aromatic heterocycles. The Labute approximate surface area is 130 Å². The van der Waals surface area contributed by atoms with Crippen LogP contribution in [-0.2, 0) is 4.79 Å². The first-order chi connectivity index (χ1) is 10.7. The van der Waals surface area contributed by atoms with Crippen LogP contribution in [0.2, 0.25) is 0 Å². The Morgan fingerprint density at radius 1 is 1.32 bits per heavy atom. The summed E-state index contributed by atoms with van der Waals surface area (Å²) < 4.78 is 7.27. The molecule has 0 spiro atoms. The molecule has 1 aliphatic heterocycles. The van der Waals surface area contributed by atoms with Crippen molar-refractivity contribution in [3.8, 4) is 11.6 Å². The van der Waals surface area contributed by atoms with E-state index in [2.05, 4.69) is 12.0 Å². The van der Waals surface area contributed by atoms with Crippen LogP contribution in [0.25, 0.3) is 5.69 Å². The summed E-state index contributed by atoms with van der Waals surface area (Å²) in [6.45, 7) is 3.91. The van der Waals surface area contributed by atoms with E-state index in [1.54, 1.807) is 10.7 Å². The van der Waals surface area contributed by atoms with Crippen LogP contribution < -0.4 is 4.74 Å². The zero-order chi connectivity index (χ0) is 15.4. The number of carbonyl (C=O) groups excluding carboxylic acids is 1. The lowest BCUT2D eigenvalue weighted by Gasteiger charge is -2.30. The molecule has 2 heterocycles. The van der Waals surface area contributed by atoms with Crippen LogP contribution in [0, 0.1) is 5.92 Å². The Bertz CT molecular complexity index is 624. The molecule has 116 valence electrons. The summed E-state index contributed by atoms with van der Waals surface area (Å²) in [7, 11) is 0. The molecule has 22 heavy (non-hydrogen) atoms. The molecule has 0 aliphatic carbocycles. The average Bonchev–Trinajstić information content (AvgIpc) is 3.02. The van der Waals surface area contributed by atoms with Crippen LogP contribution in [-0.4, -0.2) is 40.3 Å². The molecule has 0 N–H and O–H groups in total. The number of para-hydroxylation sites is 1. The first-order valence-electron chi connectivity index (χ1n) is 7.74. The van der Waals surface area contributed by atoms with Gasteiger partial charge in [0.15, 0.2) is 6.61 Å². The molecule has 3 rings (SSSR count). The maximum Gasteiger partial charge on any atom is 0.260 e. The second-order valence-corrected chi connectivity index (χ2v) is 5.81. The topological polar surface area (TPSA) is 47.4 Å². The first kappa shape index (κ1) is 14.6. The monoisotopic (exact) mass is 299 g/mol. The zero-order valence-electron chi connectivity index (χ0n) is 12.8. The Kier molecular flexibility index (Phi) is 4.42. The number of benzene rings is 1. The molecule has 1 amide bonds. The maximum atomic E-state index is 12.2. The molecule has 5 heteroatoms. The molecule has 0 bridgehead atoms. The Morgan fingerprint density at radius 3 is 2.91 bits per heavy atom. The van der Waals surface area contributed by atoms with Crippen molar-refractivity contribution in [2.45, 2.75) is 19.8 Å². The summed E-state index contributed by atoms with van der Waals surface area (Å²) in [5.74, 6) is 1.10. The summed E-state index contributed by atoms with van der Waals surface area (Å²) >= 11 is 0. The highest BCUT2D eigenvalue weighted by Gasteiger charge is 2.21. The van der Waals surface area contributed by atoms with Gasteiger partial charge < -0.3 is 9.64 Å². The summed E-state index contributed by atoms with van der Waals surface area (Å²) in [4.78, 5) is 14.1. The highest BCUT2D eigenvalue weighted by Crippen LogP contribution is 2.16. The van der Waals surface area contributed by atoms with E-state index < -0.39 is 0 Å². The lowest BCUT2D eigenvalue weighted by Crippen LogP contribution is -2.41. The van der Waals surface area contributed by atoms with Crippen LogP contribution in [0.1, 0.15) is 19.8 Å². The van der Waals surface area contributed by atoms with Gasteiger partial charge in [0.1, 0.15) is 0 Å². The van der Waals surface area contributed by atoms with Gasteiger partial charge in [0.2, 0.25) is 5.88 Å². The highest BCUT2D eigenvalue weighted by molar-refractivity contribution is 5.77. The third kappa shape index (κ3) is 3.47. The first-order valence-corrected chi connectivity index (χ1v) is 7.74. The van der Waals surface area contributed by atoms with E-state index in [9.17, 15) is 4.79 Å². The minimum absolute atomic E-state index is 0.0424. The summed E-state index contributed by atoms with van der Waals surface area (Å²) in [5, 5.41) is 4.34. The number of carbonyl (C=O) groups is 1. The maximum absolute atomic E-state index is 12.2. The van der Waals surface area contributed by atoms with Crippen molar-refractivity contribution in [2.75, 3.05) is 19.7 Å². The molecule has 1 saturated heterocycles. The molecule has 0 saturated carbocycles. The van der Waals surface area contributed by atoms with Gasteiger partial charge in [-0.05, 0) is 30.9 Å². The fourth-order valence-electron chi connectivity index (χ4n) is 2.75. The van der Waals surface area contributed by atoms with Gasteiger partial charge in [-0.3, -0.25) is 4.79 Å². The lowest BCUT2D eigenvalue weighted by molar-refractivity contribution is -0.135. The predicted molar refractivity (Wildman–Crippen MR) is 84.0 cm³/mol. The Hall–Kier alpha value is -2.30. The SMILES string of the molecule is C[C@H]1CCCN(C(=O)COc2ccn(-c3ccccc3)n2)C1. The number of hydrogen-bond acceptors (Lipinski definition) is 3. The van der Waals surface area contributed by atoms with Crippen molar-refractivity contribution in [2.24, 2.45) is 5.92 Å². The van der Waals surface area contributed by atoms with Gasteiger partial charge >= 0.3 is 0 Å². The van der Waals surface area contributed by atoms with E-state index in [1.807, 2.05) is 41.4 Å². The van der Waals surface area contributed by atoms with Crippen molar-refractivity contribution < 1.29 is 9.53 Å². The third-order valence-electron chi connectivity index (χ3n) is 3.94. The van der Waals surface area contributed by atoms with E-state index in [0.29, 0.717) is 11.8 Å². The van der Waals surface area contributed by atoms with E-state index >= 15 is 0 Å².